The molecule has 3 rings (SSSR count). The molecule has 1 aromatic rings. The summed E-state index contributed by atoms with van der Waals surface area (Å²) < 4.78 is 5.87. The Morgan fingerprint density at radius 2 is 1.95 bits per heavy atom. The molecule has 1 fully saturated rings. The first-order chi connectivity index (χ1) is 9.75. The van der Waals surface area contributed by atoms with Crippen LogP contribution in [0.3, 0.4) is 0 Å². The molecule has 0 bridgehead atoms. The molecule has 110 valence electrons. The van der Waals surface area contributed by atoms with E-state index in [1.165, 1.54) is 38.8 Å². The Morgan fingerprint density at radius 1 is 1.20 bits per heavy atom. The largest absolute Gasteiger partial charge is 0.491 e. The van der Waals surface area contributed by atoms with E-state index in [1.54, 1.807) is 0 Å². The van der Waals surface area contributed by atoms with Crippen LogP contribution in [-0.2, 0) is 0 Å². The molecule has 0 saturated carbocycles. The summed E-state index contributed by atoms with van der Waals surface area (Å²) in [5.41, 5.74) is 7.51. The normalized spacial score (nSPS) is 27.5. The number of halogens is 1. The van der Waals surface area contributed by atoms with Gasteiger partial charge >= 0.3 is 0 Å². The first-order valence-corrected chi connectivity index (χ1v) is 8.02. The van der Waals surface area contributed by atoms with Gasteiger partial charge in [-0.25, -0.2) is 0 Å². The molecule has 2 heterocycles. The minimum absolute atomic E-state index is 0.0284. The third-order valence-corrected chi connectivity index (χ3v) is 4.80. The fourth-order valence-electron chi connectivity index (χ4n) is 3.30. The number of likely N-dealkylation sites (tertiary alicyclic amines) is 1. The summed E-state index contributed by atoms with van der Waals surface area (Å²) >= 11 is 6.18. The van der Waals surface area contributed by atoms with E-state index in [1.807, 2.05) is 18.2 Å². The van der Waals surface area contributed by atoms with E-state index in [2.05, 4.69) is 4.90 Å². The highest BCUT2D eigenvalue weighted by Gasteiger charge is 2.30. The molecular weight excluding hydrogens is 272 g/mol. The van der Waals surface area contributed by atoms with E-state index in [0.717, 1.165) is 17.9 Å². The smallest absolute Gasteiger partial charge is 0.142 e. The molecule has 4 heteroatoms. The second kappa shape index (κ2) is 6.33. The maximum absolute atomic E-state index is 6.45. The predicted molar refractivity (Wildman–Crippen MR) is 82.3 cm³/mol. The van der Waals surface area contributed by atoms with Crippen molar-refractivity contribution in [3.8, 4) is 5.75 Å². The van der Waals surface area contributed by atoms with Crippen molar-refractivity contribution in [3.63, 3.8) is 0 Å². The van der Waals surface area contributed by atoms with Gasteiger partial charge in [0.15, 0.2) is 0 Å². The molecule has 0 aliphatic carbocycles. The molecule has 0 spiro atoms. The average molecular weight is 295 g/mol. The number of nitrogens with two attached hydrogens (primary N) is 1. The van der Waals surface area contributed by atoms with E-state index < -0.39 is 0 Å². The van der Waals surface area contributed by atoms with Crippen LogP contribution in [0.5, 0.6) is 5.75 Å². The first-order valence-electron chi connectivity index (χ1n) is 7.65. The van der Waals surface area contributed by atoms with Crippen LogP contribution in [0.1, 0.15) is 37.3 Å². The van der Waals surface area contributed by atoms with Crippen molar-refractivity contribution in [1.82, 2.24) is 4.90 Å². The summed E-state index contributed by atoms with van der Waals surface area (Å²) in [4.78, 5) is 2.55. The van der Waals surface area contributed by atoms with Gasteiger partial charge in [0, 0.05) is 24.1 Å². The molecule has 1 aromatic carbocycles. The summed E-state index contributed by atoms with van der Waals surface area (Å²) in [7, 11) is 0. The lowest BCUT2D eigenvalue weighted by molar-refractivity contribution is 0.140. The van der Waals surface area contributed by atoms with Crippen LogP contribution < -0.4 is 10.5 Å². The molecule has 0 aromatic heterocycles. The minimum atomic E-state index is 0.0284. The lowest BCUT2D eigenvalue weighted by Crippen LogP contribution is -2.40. The predicted octanol–water partition coefficient (Wildman–Crippen LogP) is 3.22. The van der Waals surface area contributed by atoms with Crippen molar-refractivity contribution < 1.29 is 4.74 Å². The Kier molecular flexibility index (Phi) is 4.49. The zero-order chi connectivity index (χ0) is 13.9. The number of fused-ring (bicyclic) bond motifs is 1. The molecule has 0 amide bonds. The Hall–Kier alpha value is -0.770. The second-order valence-corrected chi connectivity index (χ2v) is 6.38. The highest BCUT2D eigenvalue weighted by molar-refractivity contribution is 6.32. The van der Waals surface area contributed by atoms with E-state index in [4.69, 9.17) is 22.1 Å². The van der Waals surface area contributed by atoms with E-state index >= 15 is 0 Å². The Labute approximate surface area is 126 Å². The number of ether oxygens (including phenoxy) is 1. The number of hydrogen-bond acceptors (Lipinski definition) is 3. The van der Waals surface area contributed by atoms with Crippen LogP contribution >= 0.6 is 11.6 Å². The number of para-hydroxylation sites is 1. The van der Waals surface area contributed by atoms with Crippen LogP contribution in [0, 0.1) is 5.92 Å². The molecule has 0 radical (unpaired) electrons. The van der Waals surface area contributed by atoms with Gasteiger partial charge in [-0.3, -0.25) is 0 Å². The fraction of sp³-hybridized carbons (Fsp3) is 0.625. The number of rotatable bonds is 2. The van der Waals surface area contributed by atoms with Gasteiger partial charge in [0.25, 0.3) is 0 Å². The molecule has 3 nitrogen and oxygen atoms in total. The third-order valence-electron chi connectivity index (χ3n) is 4.50. The topological polar surface area (TPSA) is 38.5 Å². The van der Waals surface area contributed by atoms with Gasteiger partial charge in [-0.1, -0.05) is 36.6 Å². The molecule has 1 saturated heterocycles. The maximum atomic E-state index is 6.45. The van der Waals surface area contributed by atoms with Gasteiger partial charge in [-0.15, -0.1) is 0 Å². The SMILES string of the molecule is NC1c2cccc(Cl)c2OCC1CN1CCCCCC1. The van der Waals surface area contributed by atoms with Crippen molar-refractivity contribution >= 4 is 11.6 Å². The number of hydrogen-bond donors (Lipinski definition) is 1. The van der Waals surface area contributed by atoms with E-state index in [0.29, 0.717) is 17.5 Å². The van der Waals surface area contributed by atoms with E-state index in [9.17, 15) is 0 Å². The molecule has 2 aliphatic heterocycles. The molecule has 2 atom stereocenters. The van der Waals surface area contributed by atoms with Crippen molar-refractivity contribution in [3.05, 3.63) is 28.8 Å². The Balaban J connectivity index is 1.70. The van der Waals surface area contributed by atoms with Crippen LogP contribution in [0.2, 0.25) is 5.02 Å². The molecule has 20 heavy (non-hydrogen) atoms. The lowest BCUT2D eigenvalue weighted by Gasteiger charge is -2.35. The van der Waals surface area contributed by atoms with Crippen molar-refractivity contribution in [2.45, 2.75) is 31.7 Å². The summed E-state index contributed by atoms with van der Waals surface area (Å²) in [5.74, 6) is 1.15. The van der Waals surface area contributed by atoms with Gasteiger partial charge in [-0.05, 0) is 32.0 Å². The van der Waals surface area contributed by atoms with Crippen LogP contribution in [-0.4, -0.2) is 31.1 Å². The number of benzene rings is 1. The van der Waals surface area contributed by atoms with Crippen LogP contribution in [0.4, 0.5) is 0 Å². The summed E-state index contributed by atoms with van der Waals surface area (Å²) in [6, 6.07) is 5.89. The zero-order valence-electron chi connectivity index (χ0n) is 11.9. The monoisotopic (exact) mass is 294 g/mol. The average Bonchev–Trinajstić information content (AvgIpc) is 2.71. The van der Waals surface area contributed by atoms with Crippen LogP contribution in [0.25, 0.3) is 0 Å². The lowest BCUT2D eigenvalue weighted by atomic mass is 9.91. The van der Waals surface area contributed by atoms with Crippen molar-refractivity contribution in [1.29, 1.82) is 0 Å². The van der Waals surface area contributed by atoms with Gasteiger partial charge in [0.05, 0.1) is 11.6 Å². The second-order valence-electron chi connectivity index (χ2n) is 5.97. The van der Waals surface area contributed by atoms with Crippen molar-refractivity contribution in [2.24, 2.45) is 11.7 Å². The first kappa shape index (κ1) is 14.2. The maximum Gasteiger partial charge on any atom is 0.142 e. The van der Waals surface area contributed by atoms with Crippen LogP contribution in [0.15, 0.2) is 18.2 Å². The zero-order valence-corrected chi connectivity index (χ0v) is 12.6. The summed E-state index contributed by atoms with van der Waals surface area (Å²) in [6.07, 6.45) is 5.35. The van der Waals surface area contributed by atoms with Gasteiger partial charge in [0.2, 0.25) is 0 Å². The van der Waals surface area contributed by atoms with E-state index in [-0.39, 0.29) is 6.04 Å². The highest BCUT2D eigenvalue weighted by Crippen LogP contribution is 2.39. The van der Waals surface area contributed by atoms with Crippen molar-refractivity contribution in [2.75, 3.05) is 26.2 Å². The number of nitrogens with zero attached hydrogens (tertiary/aromatic N) is 1. The molecule has 2 unspecified atom stereocenters. The molecule has 2 N–H and O–H groups in total. The standard InChI is InChI=1S/C16H23ClN2O/c17-14-7-5-6-13-15(18)12(11-20-16(13)14)10-19-8-3-1-2-4-9-19/h5-7,12,15H,1-4,8-11,18H2. The molecule has 2 aliphatic rings. The summed E-state index contributed by atoms with van der Waals surface area (Å²) in [6.45, 7) is 4.11. The Morgan fingerprint density at radius 3 is 2.70 bits per heavy atom. The quantitative estimate of drug-likeness (QED) is 0.910. The third kappa shape index (κ3) is 2.95. The van der Waals surface area contributed by atoms with Gasteiger partial charge < -0.3 is 15.4 Å². The highest BCUT2D eigenvalue weighted by atomic mass is 35.5. The fourth-order valence-corrected chi connectivity index (χ4v) is 3.54. The van der Waals surface area contributed by atoms with Gasteiger partial charge in [0.1, 0.15) is 5.75 Å². The van der Waals surface area contributed by atoms with Gasteiger partial charge in [-0.2, -0.15) is 0 Å². The molecular formula is C16H23ClN2O. The minimum Gasteiger partial charge on any atom is -0.491 e. The summed E-state index contributed by atoms with van der Waals surface area (Å²) in [5, 5.41) is 0.672. The Bertz CT molecular complexity index is 458.